The lowest BCUT2D eigenvalue weighted by Crippen LogP contribution is -2.04. The highest BCUT2D eigenvalue weighted by Gasteiger charge is 2.17. The summed E-state index contributed by atoms with van der Waals surface area (Å²) in [5.41, 5.74) is 2.78. The van der Waals surface area contributed by atoms with Crippen molar-refractivity contribution in [2.75, 3.05) is 0 Å². The van der Waals surface area contributed by atoms with Crippen LogP contribution in [0.3, 0.4) is 0 Å². The van der Waals surface area contributed by atoms with Gasteiger partial charge in [0, 0.05) is 10.9 Å². The van der Waals surface area contributed by atoms with Crippen LogP contribution in [-0.2, 0) is 0 Å². The minimum absolute atomic E-state index is 0.0351. The van der Waals surface area contributed by atoms with E-state index in [2.05, 4.69) is 9.97 Å². The Hall–Kier alpha value is -2.86. The van der Waals surface area contributed by atoms with Crippen LogP contribution in [0.4, 0.5) is 0 Å². The van der Waals surface area contributed by atoms with Crippen LogP contribution < -0.4 is 4.65 Å². The highest BCUT2D eigenvalue weighted by Crippen LogP contribution is 2.35. The highest BCUT2D eigenvalue weighted by atomic mass is 16.5. The molecular weight excluding hydrogens is 279 g/mol. The fraction of sp³-hybridized carbons (Fsp3) is 0. The van der Waals surface area contributed by atoms with E-state index < -0.39 is 0 Å². The molecule has 0 atom stereocenters. The largest absolute Gasteiger partial charge is 0.571 e. The van der Waals surface area contributed by atoms with Gasteiger partial charge in [0.15, 0.2) is 0 Å². The minimum Gasteiger partial charge on any atom is -0.509 e. The molecule has 0 unspecified atom stereocenters. The molecular formula is C16H10BN2O3. The number of hydrogen-bond donors (Lipinski definition) is 1. The first kappa shape index (κ1) is 12.9. The van der Waals surface area contributed by atoms with Gasteiger partial charge in [-0.15, -0.1) is 0 Å². The summed E-state index contributed by atoms with van der Waals surface area (Å²) in [6.07, 6.45) is 0. The monoisotopic (exact) mass is 289 g/mol. The van der Waals surface area contributed by atoms with Crippen LogP contribution in [-0.4, -0.2) is 22.7 Å². The summed E-state index contributed by atoms with van der Waals surface area (Å²) in [4.78, 5) is 8.60. The zero-order valence-electron chi connectivity index (χ0n) is 11.4. The van der Waals surface area contributed by atoms with Gasteiger partial charge in [0.1, 0.15) is 5.58 Å². The van der Waals surface area contributed by atoms with Crippen LogP contribution >= 0.6 is 0 Å². The SMILES string of the molecule is O[B]Oc1nc(-c2ccccc2)c2c(n1)oc1ccccc12. The van der Waals surface area contributed by atoms with Crippen LogP contribution in [0.2, 0.25) is 0 Å². The van der Waals surface area contributed by atoms with E-state index in [4.69, 9.17) is 14.1 Å². The van der Waals surface area contributed by atoms with Gasteiger partial charge < -0.3 is 14.1 Å². The van der Waals surface area contributed by atoms with Crippen molar-refractivity contribution in [2.45, 2.75) is 0 Å². The summed E-state index contributed by atoms with van der Waals surface area (Å²) in [6, 6.07) is 17.4. The first-order valence-corrected chi connectivity index (χ1v) is 6.74. The van der Waals surface area contributed by atoms with E-state index in [1.54, 1.807) is 0 Å². The summed E-state index contributed by atoms with van der Waals surface area (Å²) in [6.45, 7) is 0. The molecule has 105 valence electrons. The van der Waals surface area contributed by atoms with Crippen molar-refractivity contribution in [2.24, 2.45) is 0 Å². The molecule has 1 radical (unpaired) electrons. The fourth-order valence-corrected chi connectivity index (χ4v) is 2.51. The van der Waals surface area contributed by atoms with E-state index in [1.807, 2.05) is 54.6 Å². The highest BCUT2D eigenvalue weighted by molar-refractivity contribution is 6.17. The molecule has 5 nitrogen and oxygen atoms in total. The van der Waals surface area contributed by atoms with Crippen molar-refractivity contribution in [1.82, 2.24) is 9.97 Å². The van der Waals surface area contributed by atoms with Gasteiger partial charge in [0.2, 0.25) is 5.71 Å². The number of para-hydroxylation sites is 1. The molecule has 0 fully saturated rings. The van der Waals surface area contributed by atoms with Crippen molar-refractivity contribution in [3.05, 3.63) is 54.6 Å². The van der Waals surface area contributed by atoms with Gasteiger partial charge in [0.05, 0.1) is 11.1 Å². The Kier molecular flexibility index (Phi) is 3.02. The van der Waals surface area contributed by atoms with Crippen molar-refractivity contribution in [3.63, 3.8) is 0 Å². The standard InChI is InChI=1S/C16H10BN2O3/c20-17-22-16-18-14(10-6-2-1-3-7-10)13-11-8-4-5-9-12(11)21-15(13)19-16/h1-9,20H. The van der Waals surface area contributed by atoms with Gasteiger partial charge in [-0.25, -0.2) is 0 Å². The maximum atomic E-state index is 8.84. The summed E-state index contributed by atoms with van der Waals surface area (Å²) in [7, 11) is 0.554. The summed E-state index contributed by atoms with van der Waals surface area (Å²) in [5, 5.41) is 10.6. The van der Waals surface area contributed by atoms with E-state index in [9.17, 15) is 0 Å². The van der Waals surface area contributed by atoms with Gasteiger partial charge in [-0.1, -0.05) is 48.5 Å². The van der Waals surface area contributed by atoms with Crippen LogP contribution in [0.5, 0.6) is 6.01 Å². The Morgan fingerprint density at radius 3 is 2.55 bits per heavy atom. The van der Waals surface area contributed by atoms with E-state index in [1.165, 1.54) is 0 Å². The van der Waals surface area contributed by atoms with E-state index in [0.29, 0.717) is 19.1 Å². The molecule has 2 aromatic heterocycles. The fourth-order valence-electron chi connectivity index (χ4n) is 2.51. The third kappa shape index (κ3) is 2.01. The third-order valence-electron chi connectivity index (χ3n) is 3.42. The molecule has 2 aromatic carbocycles. The average molecular weight is 289 g/mol. The lowest BCUT2D eigenvalue weighted by atomic mass is 10.1. The first-order chi connectivity index (χ1) is 10.9. The Morgan fingerprint density at radius 2 is 1.73 bits per heavy atom. The zero-order chi connectivity index (χ0) is 14.9. The zero-order valence-corrected chi connectivity index (χ0v) is 11.4. The molecule has 6 heteroatoms. The Labute approximate surface area is 126 Å². The molecule has 0 saturated heterocycles. The maximum absolute atomic E-state index is 8.84. The molecule has 4 rings (SSSR count). The topological polar surface area (TPSA) is 68.4 Å². The first-order valence-electron chi connectivity index (χ1n) is 6.74. The predicted molar refractivity (Wildman–Crippen MR) is 83.3 cm³/mol. The second kappa shape index (κ2) is 5.16. The Bertz CT molecular complexity index is 954. The van der Waals surface area contributed by atoms with E-state index in [-0.39, 0.29) is 6.01 Å². The van der Waals surface area contributed by atoms with E-state index in [0.717, 1.165) is 21.9 Å². The number of rotatable bonds is 3. The number of furan rings is 1. The molecule has 4 aromatic rings. The number of aromatic nitrogens is 2. The van der Waals surface area contributed by atoms with E-state index >= 15 is 0 Å². The quantitative estimate of drug-likeness (QED) is 0.587. The van der Waals surface area contributed by atoms with Crippen LogP contribution in [0.15, 0.2) is 59.0 Å². The van der Waals surface area contributed by atoms with Crippen molar-refractivity contribution in [3.8, 4) is 17.3 Å². The van der Waals surface area contributed by atoms with Crippen LogP contribution in [0.1, 0.15) is 0 Å². The van der Waals surface area contributed by atoms with Crippen LogP contribution in [0.25, 0.3) is 33.3 Å². The molecule has 0 spiro atoms. The van der Waals surface area contributed by atoms with Gasteiger partial charge in [0.25, 0.3) is 0 Å². The van der Waals surface area contributed by atoms with Crippen molar-refractivity contribution < 1.29 is 14.1 Å². The van der Waals surface area contributed by atoms with Gasteiger partial charge in [-0.05, 0) is 6.07 Å². The van der Waals surface area contributed by atoms with Gasteiger partial charge in [-0.3, -0.25) is 0 Å². The number of hydrogen-bond acceptors (Lipinski definition) is 5. The Morgan fingerprint density at radius 1 is 0.955 bits per heavy atom. The minimum atomic E-state index is 0.0351. The molecule has 0 aliphatic heterocycles. The third-order valence-corrected chi connectivity index (χ3v) is 3.42. The molecule has 0 bridgehead atoms. The smallest absolute Gasteiger partial charge is 0.509 e. The summed E-state index contributed by atoms with van der Waals surface area (Å²) in [5.74, 6) is 0. The molecule has 1 N–H and O–H groups in total. The second-order valence-corrected chi connectivity index (χ2v) is 4.72. The summed E-state index contributed by atoms with van der Waals surface area (Å²) < 4.78 is 10.7. The van der Waals surface area contributed by atoms with Gasteiger partial charge in [-0.2, -0.15) is 9.97 Å². The normalized spacial score (nSPS) is 11.0. The number of fused-ring (bicyclic) bond motifs is 3. The number of benzene rings is 2. The number of nitrogens with zero attached hydrogens (tertiary/aromatic N) is 2. The lowest BCUT2D eigenvalue weighted by molar-refractivity contribution is 0.430. The second-order valence-electron chi connectivity index (χ2n) is 4.72. The Balaban J connectivity index is 2.10. The average Bonchev–Trinajstić information content (AvgIpc) is 2.93. The lowest BCUT2D eigenvalue weighted by Gasteiger charge is -2.05. The molecule has 0 aliphatic rings. The van der Waals surface area contributed by atoms with Crippen LogP contribution in [0, 0.1) is 0 Å². The molecule has 2 heterocycles. The molecule has 22 heavy (non-hydrogen) atoms. The molecule has 0 saturated carbocycles. The predicted octanol–water partition coefficient (Wildman–Crippen LogP) is 2.95. The molecule has 0 aliphatic carbocycles. The van der Waals surface area contributed by atoms with Crippen molar-refractivity contribution >= 4 is 29.8 Å². The maximum Gasteiger partial charge on any atom is 0.571 e. The summed E-state index contributed by atoms with van der Waals surface area (Å²) >= 11 is 0. The van der Waals surface area contributed by atoms with Gasteiger partial charge >= 0.3 is 13.7 Å². The molecule has 0 amide bonds. The van der Waals surface area contributed by atoms with Crippen molar-refractivity contribution in [1.29, 1.82) is 0 Å².